The number of hydrogen-bond acceptors (Lipinski definition) is 3. The summed E-state index contributed by atoms with van der Waals surface area (Å²) in [7, 11) is -3.00. The lowest BCUT2D eigenvalue weighted by atomic mass is 10.1. The Morgan fingerprint density at radius 2 is 2.05 bits per heavy atom. The third-order valence-corrected chi connectivity index (χ3v) is 6.27. The van der Waals surface area contributed by atoms with E-state index in [1.54, 1.807) is 6.07 Å². The van der Waals surface area contributed by atoms with Crippen LogP contribution >= 0.6 is 23.8 Å². The quantitative estimate of drug-likeness (QED) is 0.775. The van der Waals surface area contributed by atoms with E-state index in [-0.39, 0.29) is 23.6 Å². The van der Waals surface area contributed by atoms with Crippen molar-refractivity contribution < 1.29 is 8.42 Å². The fourth-order valence-corrected chi connectivity index (χ4v) is 5.71. The van der Waals surface area contributed by atoms with E-state index in [4.69, 9.17) is 23.8 Å². The van der Waals surface area contributed by atoms with Crippen LogP contribution in [0.3, 0.4) is 0 Å². The van der Waals surface area contributed by atoms with Crippen molar-refractivity contribution in [3.8, 4) is 0 Å². The first-order valence-electron chi connectivity index (χ1n) is 6.49. The van der Waals surface area contributed by atoms with Crippen LogP contribution in [0.1, 0.15) is 6.92 Å². The summed E-state index contributed by atoms with van der Waals surface area (Å²) < 4.78 is 23.9. The maximum atomic E-state index is 11.9. The van der Waals surface area contributed by atoms with Crippen LogP contribution < -0.4 is 4.90 Å². The van der Waals surface area contributed by atoms with Gasteiger partial charge in [-0.3, -0.25) is 0 Å². The Morgan fingerprint density at radius 3 is 2.70 bits per heavy atom. The molecule has 0 spiro atoms. The van der Waals surface area contributed by atoms with Crippen molar-refractivity contribution in [2.75, 3.05) is 23.0 Å². The van der Waals surface area contributed by atoms with Crippen molar-refractivity contribution in [3.63, 3.8) is 0 Å². The van der Waals surface area contributed by atoms with Gasteiger partial charge in [-0.25, -0.2) is 8.42 Å². The number of nitrogens with zero attached hydrogens (tertiary/aromatic N) is 2. The molecule has 2 fully saturated rings. The molecule has 2 saturated heterocycles. The molecule has 0 aliphatic carbocycles. The number of rotatable bonds is 2. The molecule has 1 aromatic rings. The standard InChI is InChI=1S/C13H15ClN2O2S2/c1-2-15-11-7-20(17,18)8-12(11)16(13(15)19)10-5-3-4-9(14)6-10/h3-6,11-12H,2,7-8H2,1H3/t11-,12+/m1/s1. The fraction of sp³-hybridized carbons (Fsp3) is 0.462. The van der Waals surface area contributed by atoms with E-state index in [0.717, 1.165) is 5.69 Å². The molecule has 0 saturated carbocycles. The van der Waals surface area contributed by atoms with E-state index in [2.05, 4.69) is 0 Å². The normalized spacial score (nSPS) is 28.0. The third-order valence-electron chi connectivity index (χ3n) is 3.90. The third kappa shape index (κ3) is 2.19. The number of fused-ring (bicyclic) bond motifs is 1. The Labute approximate surface area is 129 Å². The fourth-order valence-electron chi connectivity index (χ4n) is 3.07. The Morgan fingerprint density at radius 1 is 1.35 bits per heavy atom. The molecule has 0 bridgehead atoms. The van der Waals surface area contributed by atoms with Crippen LogP contribution in [0.15, 0.2) is 24.3 Å². The molecule has 4 nitrogen and oxygen atoms in total. The molecule has 1 aromatic carbocycles. The van der Waals surface area contributed by atoms with E-state index in [1.807, 2.05) is 34.9 Å². The van der Waals surface area contributed by atoms with Gasteiger partial charge in [0.1, 0.15) is 0 Å². The Bertz CT molecular complexity index is 662. The second-order valence-corrected chi connectivity index (χ2v) is 8.09. The average Bonchev–Trinajstić information content (AvgIpc) is 2.78. The van der Waals surface area contributed by atoms with Crippen molar-refractivity contribution in [2.45, 2.75) is 19.0 Å². The summed E-state index contributed by atoms with van der Waals surface area (Å²) in [6.45, 7) is 2.71. The molecule has 0 aromatic heterocycles. The number of likely N-dealkylation sites (N-methyl/N-ethyl adjacent to an activating group) is 1. The van der Waals surface area contributed by atoms with Gasteiger partial charge in [0.2, 0.25) is 0 Å². The number of benzene rings is 1. The monoisotopic (exact) mass is 330 g/mol. The molecular formula is C13H15ClN2O2S2. The van der Waals surface area contributed by atoms with Crippen molar-refractivity contribution in [1.29, 1.82) is 0 Å². The van der Waals surface area contributed by atoms with Crippen molar-refractivity contribution in [2.24, 2.45) is 0 Å². The minimum Gasteiger partial charge on any atom is -0.343 e. The number of thiocarbonyl (C=S) groups is 1. The van der Waals surface area contributed by atoms with E-state index in [0.29, 0.717) is 16.7 Å². The summed E-state index contributed by atoms with van der Waals surface area (Å²) in [6.07, 6.45) is 0. The zero-order chi connectivity index (χ0) is 14.5. The van der Waals surface area contributed by atoms with Gasteiger partial charge >= 0.3 is 0 Å². The summed E-state index contributed by atoms with van der Waals surface area (Å²) in [6, 6.07) is 7.24. The van der Waals surface area contributed by atoms with E-state index < -0.39 is 9.84 Å². The van der Waals surface area contributed by atoms with Crippen LogP contribution in [0.2, 0.25) is 5.02 Å². The second kappa shape index (κ2) is 4.86. The lowest BCUT2D eigenvalue weighted by molar-refractivity contribution is 0.373. The maximum absolute atomic E-state index is 11.9. The molecule has 0 amide bonds. The first-order chi connectivity index (χ1) is 9.43. The van der Waals surface area contributed by atoms with Gasteiger partial charge in [0.15, 0.2) is 14.9 Å². The predicted octanol–water partition coefficient (Wildman–Crippen LogP) is 1.93. The molecule has 0 unspecified atom stereocenters. The molecule has 2 aliphatic rings. The highest BCUT2D eigenvalue weighted by Crippen LogP contribution is 2.35. The second-order valence-electron chi connectivity index (χ2n) is 5.13. The number of anilines is 1. The highest BCUT2D eigenvalue weighted by atomic mass is 35.5. The SMILES string of the molecule is CCN1C(=S)N(c2cccc(Cl)c2)[C@H]2CS(=O)(=O)C[C@H]21. The van der Waals surface area contributed by atoms with E-state index in [9.17, 15) is 8.42 Å². The molecular weight excluding hydrogens is 316 g/mol. The van der Waals surface area contributed by atoms with Crippen LogP contribution in [-0.2, 0) is 9.84 Å². The number of halogens is 1. The first kappa shape index (κ1) is 14.1. The van der Waals surface area contributed by atoms with Crippen LogP contribution in [0.4, 0.5) is 5.69 Å². The minimum absolute atomic E-state index is 0.0449. The van der Waals surface area contributed by atoms with Gasteiger partial charge in [-0.2, -0.15) is 0 Å². The highest BCUT2D eigenvalue weighted by molar-refractivity contribution is 7.91. The summed E-state index contributed by atoms with van der Waals surface area (Å²) in [5.41, 5.74) is 0.866. The Balaban J connectivity index is 2.04. The van der Waals surface area contributed by atoms with Crippen LogP contribution in [0, 0.1) is 0 Å². The van der Waals surface area contributed by atoms with Crippen LogP contribution in [0.25, 0.3) is 0 Å². The Hall–Kier alpha value is -0.850. The van der Waals surface area contributed by atoms with Crippen LogP contribution in [-0.4, -0.2) is 48.6 Å². The summed E-state index contributed by atoms with van der Waals surface area (Å²) in [5, 5.41) is 1.32. The topological polar surface area (TPSA) is 40.6 Å². The van der Waals surface area contributed by atoms with Crippen molar-refractivity contribution >= 4 is 44.5 Å². The van der Waals surface area contributed by atoms with Gasteiger partial charge in [0.05, 0.1) is 23.6 Å². The molecule has 0 N–H and O–H groups in total. The molecule has 0 radical (unpaired) electrons. The summed E-state index contributed by atoms with van der Waals surface area (Å²) >= 11 is 11.6. The lowest BCUT2D eigenvalue weighted by Gasteiger charge is -2.24. The van der Waals surface area contributed by atoms with Gasteiger partial charge in [-0.15, -0.1) is 0 Å². The van der Waals surface area contributed by atoms with Crippen LogP contribution in [0.5, 0.6) is 0 Å². The molecule has 2 heterocycles. The Kier molecular flexibility index (Phi) is 3.43. The molecule has 108 valence electrons. The van der Waals surface area contributed by atoms with Gasteiger partial charge in [0, 0.05) is 17.3 Å². The molecule has 7 heteroatoms. The average molecular weight is 331 g/mol. The van der Waals surface area contributed by atoms with Gasteiger partial charge in [0.25, 0.3) is 0 Å². The van der Waals surface area contributed by atoms with Crippen molar-refractivity contribution in [3.05, 3.63) is 29.3 Å². The van der Waals surface area contributed by atoms with Gasteiger partial charge in [-0.1, -0.05) is 17.7 Å². The summed E-state index contributed by atoms with van der Waals surface area (Å²) in [5.74, 6) is 0.337. The zero-order valence-electron chi connectivity index (χ0n) is 11.0. The molecule has 2 aliphatic heterocycles. The van der Waals surface area contributed by atoms with Gasteiger partial charge in [-0.05, 0) is 37.3 Å². The molecule has 2 atom stereocenters. The van der Waals surface area contributed by atoms with E-state index >= 15 is 0 Å². The predicted molar refractivity (Wildman–Crippen MR) is 85.1 cm³/mol. The maximum Gasteiger partial charge on any atom is 0.176 e. The number of hydrogen-bond donors (Lipinski definition) is 0. The zero-order valence-corrected chi connectivity index (χ0v) is 13.4. The van der Waals surface area contributed by atoms with E-state index in [1.165, 1.54) is 0 Å². The molecule has 20 heavy (non-hydrogen) atoms. The van der Waals surface area contributed by atoms with Crippen molar-refractivity contribution in [1.82, 2.24) is 4.90 Å². The minimum atomic E-state index is -3.00. The highest BCUT2D eigenvalue weighted by Gasteiger charge is 2.51. The molecule has 3 rings (SSSR count). The summed E-state index contributed by atoms with van der Waals surface area (Å²) in [4.78, 5) is 3.95. The lowest BCUT2D eigenvalue weighted by Crippen LogP contribution is -2.37. The largest absolute Gasteiger partial charge is 0.343 e. The number of sulfone groups is 1. The first-order valence-corrected chi connectivity index (χ1v) is 9.09. The van der Waals surface area contributed by atoms with Gasteiger partial charge < -0.3 is 9.80 Å². The smallest absolute Gasteiger partial charge is 0.176 e.